The minimum absolute atomic E-state index is 0.00826. The van der Waals surface area contributed by atoms with Crippen LogP contribution in [-0.2, 0) is 124 Å². The van der Waals surface area contributed by atoms with Gasteiger partial charge in [-0.15, -0.1) is 9.05 Å². The SMILES string of the molecule is COSP(=O)(O)OCCCCCCOCC(COCCCO[P+](=O)OCCCCCCOC1OC(CO)C(O)C(O)C1NC(C)=O)(COCCCOP(=O)(OCCCCCCOC1OC(CO)C(O)C(O)C1NC(C)=O)SOC)COCCCOP(=O)(OCCCCCCOC(OC(CO)[C@@H](C)O)[C@H](O)NC(C)=O)SOC. The Labute approximate surface area is 670 Å². The molecule has 19 atom stereocenters. The lowest BCUT2D eigenvalue weighted by Crippen LogP contribution is -2.64. The second kappa shape index (κ2) is 64.0. The Morgan fingerprint density at radius 1 is 0.473 bits per heavy atom. The number of hydrogen-bond donors (Lipinski definition) is 13. The minimum atomic E-state index is -3.94. The zero-order chi connectivity index (χ0) is 83.1. The average Bonchev–Trinajstić information content (AvgIpc) is 0.812. The molecule has 662 valence electrons. The number of nitrogens with one attached hydrogen (secondary N) is 3. The molecule has 0 radical (unpaired) electrons. The first-order valence-corrected chi connectivity index (χ1v) is 47.4. The van der Waals surface area contributed by atoms with Gasteiger partial charge >= 0.3 is 28.6 Å². The predicted octanol–water partition coefficient (Wildman–Crippen LogP) is 4.90. The van der Waals surface area contributed by atoms with Crippen LogP contribution in [-0.4, -0.2) is 315 Å². The standard InChI is InChI=1S/C65H127N3O37P4S3/c1-48(72)52(41-69)103-64(61(80)68-51(4)75)95-33-19-11-15-23-38-100-109(85,112-88-7)102-40-26-30-92-47-65(44-89-27-16-8-13-21-36-98-107(82,83)110-86-5,45-90-28-24-35-97-106(81)96-34-20-12-9-17-31-93-62-55(66-49(2)73)59(78)57(76)53(42-70)104-62)46-91-29-25-39-101-108(84,111-87-6)99-37-22-14-10-18-32-94-63-56(67-50(3)74)60(79)58(77)54(43-71)105-63/h48,52-64,69-72,76-80H,8-47H2,1-7H3,(H3-,66,67,68,73,74,75,82,83)/p+1/t48-,52?,53?,54?,55?,56?,57?,58?,59?,60?,61+,62?,63?,64?,65?,108?,109?/m1/s1. The van der Waals surface area contributed by atoms with Gasteiger partial charge in [0.15, 0.2) is 18.8 Å². The van der Waals surface area contributed by atoms with Gasteiger partial charge in [-0.3, -0.25) is 37.0 Å². The van der Waals surface area contributed by atoms with Crippen molar-refractivity contribution in [3.05, 3.63) is 0 Å². The number of ether oxygens (including phenoxy) is 10. The normalized spacial score (nSPS) is 23.6. The third kappa shape index (κ3) is 48.5. The molecule has 2 aliphatic heterocycles. The molecule has 0 spiro atoms. The summed E-state index contributed by atoms with van der Waals surface area (Å²) in [4.78, 5) is 45.0. The van der Waals surface area contributed by atoms with E-state index in [-0.39, 0.29) is 125 Å². The van der Waals surface area contributed by atoms with Crippen molar-refractivity contribution in [2.75, 3.05) is 160 Å². The van der Waals surface area contributed by atoms with E-state index in [1.54, 1.807) is 0 Å². The Bertz CT molecular complexity index is 2610. The van der Waals surface area contributed by atoms with E-state index >= 15 is 0 Å². The first-order chi connectivity index (χ1) is 53.6. The van der Waals surface area contributed by atoms with Crippen molar-refractivity contribution in [1.29, 1.82) is 0 Å². The molecule has 40 nitrogen and oxygen atoms in total. The summed E-state index contributed by atoms with van der Waals surface area (Å²) in [5, 5.41) is 98.1. The van der Waals surface area contributed by atoms with Crippen LogP contribution in [0.1, 0.15) is 150 Å². The van der Waals surface area contributed by atoms with Crippen LogP contribution >= 0.6 is 63.6 Å². The van der Waals surface area contributed by atoms with Gasteiger partial charge in [0, 0.05) is 71.6 Å². The lowest BCUT2D eigenvalue weighted by Gasteiger charge is -2.42. The number of carbonyl (C=O) groups excluding carboxylic acids is 3. The van der Waals surface area contributed by atoms with E-state index < -0.39 is 158 Å². The molecule has 112 heavy (non-hydrogen) atoms. The Morgan fingerprint density at radius 2 is 0.821 bits per heavy atom. The van der Waals surface area contributed by atoms with Gasteiger partial charge in [-0.1, -0.05) is 51.4 Å². The molecule has 0 aromatic rings. The summed E-state index contributed by atoms with van der Waals surface area (Å²) >= 11 is 1.47. The van der Waals surface area contributed by atoms with E-state index in [1.807, 2.05) is 0 Å². The molecule has 2 saturated heterocycles. The summed E-state index contributed by atoms with van der Waals surface area (Å²) < 4.78 is 165. The zero-order valence-corrected chi connectivity index (χ0v) is 71.4. The van der Waals surface area contributed by atoms with E-state index in [2.05, 4.69) is 20.1 Å². The summed E-state index contributed by atoms with van der Waals surface area (Å²) in [6.45, 7) is -6.93. The van der Waals surface area contributed by atoms with Crippen LogP contribution in [0.25, 0.3) is 0 Å². The second-order valence-corrected chi connectivity index (χ2v) is 38.0. The molecule has 13 N–H and O–H groups in total. The predicted molar refractivity (Wildman–Crippen MR) is 407 cm³/mol. The molecule has 0 bridgehead atoms. The fourth-order valence-electron chi connectivity index (χ4n) is 10.7. The van der Waals surface area contributed by atoms with Gasteiger partial charge in [-0.25, -0.2) is 13.7 Å². The summed E-state index contributed by atoms with van der Waals surface area (Å²) in [6.07, 6.45) is -5.19. The fraction of sp³-hybridized carbons (Fsp3) is 0.954. The quantitative estimate of drug-likeness (QED) is 0.0167. The summed E-state index contributed by atoms with van der Waals surface area (Å²) in [6, 6.07) is -2.12. The fourth-order valence-corrected chi connectivity index (χ4v) is 17.4. The van der Waals surface area contributed by atoms with E-state index in [1.165, 1.54) is 49.0 Å². The van der Waals surface area contributed by atoms with Crippen LogP contribution in [0, 0.1) is 5.41 Å². The number of rotatable bonds is 74. The maximum Gasteiger partial charge on any atom is 0.697 e. The molecular formula is C65H128N3O37P4S3+. The van der Waals surface area contributed by atoms with Crippen molar-refractivity contribution >= 4 is 81.4 Å². The lowest BCUT2D eigenvalue weighted by atomic mass is 9.92. The van der Waals surface area contributed by atoms with E-state index in [0.29, 0.717) is 151 Å². The highest BCUT2D eigenvalue weighted by molar-refractivity contribution is 8.53. The van der Waals surface area contributed by atoms with Gasteiger partial charge in [0.25, 0.3) is 0 Å². The minimum Gasteiger partial charge on any atom is -0.394 e. The topological polar surface area (TPSA) is 542 Å². The van der Waals surface area contributed by atoms with Crippen LogP contribution in [0.15, 0.2) is 0 Å². The van der Waals surface area contributed by atoms with Gasteiger partial charge < -0.3 is 127 Å². The van der Waals surface area contributed by atoms with Gasteiger partial charge in [-0.05, 0) is 77.6 Å². The molecule has 0 saturated carbocycles. The molecule has 2 fully saturated rings. The third-order valence-corrected chi connectivity index (χ3v) is 25.2. The molecule has 17 unspecified atom stereocenters. The van der Waals surface area contributed by atoms with Crippen molar-refractivity contribution in [3.63, 3.8) is 0 Å². The molecule has 2 aliphatic rings. The second-order valence-electron chi connectivity index (χ2n) is 26.2. The maximum atomic E-state index is 13.7. The molecule has 2 heterocycles. The van der Waals surface area contributed by atoms with Crippen LogP contribution in [0.4, 0.5) is 0 Å². The van der Waals surface area contributed by atoms with Crippen molar-refractivity contribution in [2.24, 2.45) is 5.41 Å². The van der Waals surface area contributed by atoms with Crippen molar-refractivity contribution in [3.8, 4) is 0 Å². The molecule has 2 rings (SSSR count). The van der Waals surface area contributed by atoms with Gasteiger partial charge in [-0.2, -0.15) is 0 Å². The van der Waals surface area contributed by atoms with Gasteiger partial charge in [0.05, 0.1) is 112 Å². The molecular weight excluding hydrogens is 1630 g/mol. The van der Waals surface area contributed by atoms with Gasteiger partial charge in [0.2, 0.25) is 24.0 Å². The van der Waals surface area contributed by atoms with Crippen LogP contribution in [0.3, 0.4) is 0 Å². The summed E-state index contributed by atoms with van der Waals surface area (Å²) in [5.74, 6) is -1.49. The number of unbranched alkanes of at least 4 members (excludes halogenated alkanes) is 12. The first kappa shape index (κ1) is 107. The summed E-state index contributed by atoms with van der Waals surface area (Å²) in [5.41, 5.74) is -0.988. The molecule has 47 heteroatoms. The molecule has 0 aromatic carbocycles. The number of hydrogen-bond acceptors (Lipinski definition) is 39. The van der Waals surface area contributed by atoms with Crippen LogP contribution in [0.2, 0.25) is 0 Å². The van der Waals surface area contributed by atoms with Crippen molar-refractivity contribution in [2.45, 2.75) is 236 Å². The Balaban J connectivity index is 2.11. The number of amides is 3. The average molecular weight is 1760 g/mol. The first-order valence-electron chi connectivity index (χ1n) is 37.6. The number of aliphatic hydroxyl groups is 9. The van der Waals surface area contributed by atoms with E-state index in [0.717, 1.165) is 0 Å². The number of carbonyl (C=O) groups is 3. The largest absolute Gasteiger partial charge is 0.697 e. The molecule has 3 amide bonds. The smallest absolute Gasteiger partial charge is 0.394 e. The van der Waals surface area contributed by atoms with Crippen molar-refractivity contribution in [1.82, 2.24) is 16.0 Å². The Hall–Kier alpha value is -0.950. The summed E-state index contributed by atoms with van der Waals surface area (Å²) in [7, 11) is 1.43. The molecule has 0 aromatic heterocycles. The van der Waals surface area contributed by atoms with Crippen LogP contribution < -0.4 is 16.0 Å². The monoisotopic (exact) mass is 1760 g/mol. The number of aliphatic hydroxyl groups excluding tert-OH is 9. The zero-order valence-electron chi connectivity index (χ0n) is 65.4. The van der Waals surface area contributed by atoms with Gasteiger partial charge in [0.1, 0.15) is 103 Å². The highest BCUT2D eigenvalue weighted by Crippen LogP contribution is 2.62. The lowest BCUT2D eigenvalue weighted by molar-refractivity contribution is -0.270. The van der Waals surface area contributed by atoms with E-state index in [9.17, 15) is 83.5 Å². The Kier molecular flexibility index (Phi) is 61.2. The molecule has 0 aliphatic carbocycles. The van der Waals surface area contributed by atoms with Crippen molar-refractivity contribution < 1.29 is 175 Å². The third-order valence-electron chi connectivity index (χ3n) is 16.4. The Morgan fingerprint density at radius 3 is 1.20 bits per heavy atom. The maximum absolute atomic E-state index is 13.7. The van der Waals surface area contributed by atoms with Crippen LogP contribution in [0.5, 0.6) is 0 Å². The highest BCUT2D eigenvalue weighted by atomic mass is 32.7. The highest BCUT2D eigenvalue weighted by Gasteiger charge is 2.47. The van der Waals surface area contributed by atoms with E-state index in [4.69, 9.17) is 87.4 Å².